The second-order valence-electron chi connectivity index (χ2n) is 8.05. The van der Waals surface area contributed by atoms with Crippen molar-refractivity contribution in [2.45, 2.75) is 13.1 Å². The van der Waals surface area contributed by atoms with E-state index in [1.165, 1.54) is 5.38 Å². The van der Waals surface area contributed by atoms with Crippen LogP contribution in [0.3, 0.4) is 0 Å². The Morgan fingerprint density at radius 1 is 1.03 bits per heavy atom. The molecule has 1 N–H and O–H groups in total. The predicted molar refractivity (Wildman–Crippen MR) is 138 cm³/mol. The van der Waals surface area contributed by atoms with E-state index in [2.05, 4.69) is 20.6 Å². The molecule has 0 atom stereocenters. The number of aromatic nitrogens is 3. The Morgan fingerprint density at radius 2 is 1.76 bits per heavy atom. The third-order valence-electron chi connectivity index (χ3n) is 5.54. The number of rotatable bonds is 5. The zero-order valence-electron chi connectivity index (χ0n) is 19.1. The lowest BCUT2D eigenvalue weighted by Gasteiger charge is -2.07. The van der Waals surface area contributed by atoms with E-state index in [4.69, 9.17) is 11.6 Å². The van der Waals surface area contributed by atoms with Crippen LogP contribution in [0.4, 0.5) is 13.2 Å². The molecule has 0 saturated heterocycles. The monoisotopic (exact) mass is 539 g/mol. The number of halogens is 4. The number of hydrogen-bond donors (Lipinski definition) is 1. The van der Waals surface area contributed by atoms with Gasteiger partial charge in [-0.1, -0.05) is 60.1 Å². The normalized spacial score (nSPS) is 12.2. The number of alkyl halides is 3. The van der Waals surface area contributed by atoms with Crippen LogP contribution in [-0.2, 0) is 6.18 Å². The smallest absolute Gasteiger partial charge is 0.266 e. The molecular weight excluding hydrogens is 523 g/mol. The fourth-order valence-electron chi connectivity index (χ4n) is 3.63. The van der Waals surface area contributed by atoms with Gasteiger partial charge in [-0.05, 0) is 47.5 Å². The number of nitrogens with zero attached hydrogens (tertiary/aromatic N) is 4. The third kappa shape index (κ3) is 5.25. The van der Waals surface area contributed by atoms with Crippen molar-refractivity contribution in [1.82, 2.24) is 20.2 Å². The van der Waals surface area contributed by atoms with Gasteiger partial charge in [-0.25, -0.2) is 15.1 Å². The van der Waals surface area contributed by atoms with Crippen LogP contribution in [0.2, 0.25) is 5.02 Å². The molecule has 186 valence electrons. The molecule has 0 fully saturated rings. The van der Waals surface area contributed by atoms with Crippen molar-refractivity contribution in [1.29, 1.82) is 0 Å². The number of nitrogens with one attached hydrogen (secondary N) is 1. The zero-order valence-corrected chi connectivity index (χ0v) is 20.7. The van der Waals surface area contributed by atoms with E-state index in [0.29, 0.717) is 21.0 Å². The minimum absolute atomic E-state index is 0.0801. The van der Waals surface area contributed by atoms with E-state index in [1.54, 1.807) is 43.3 Å². The van der Waals surface area contributed by atoms with Gasteiger partial charge in [-0.3, -0.25) is 4.79 Å². The van der Waals surface area contributed by atoms with Gasteiger partial charge in [0.05, 0.1) is 11.4 Å². The van der Waals surface area contributed by atoms with E-state index >= 15 is 0 Å². The number of carbonyl (C=O) groups is 1. The van der Waals surface area contributed by atoms with Gasteiger partial charge in [0.15, 0.2) is 5.69 Å². The Bertz CT molecular complexity index is 1640. The highest BCUT2D eigenvalue weighted by Crippen LogP contribution is 2.35. The number of hydrogen-bond acceptors (Lipinski definition) is 5. The maximum Gasteiger partial charge on any atom is 0.433 e. The number of thiazole rings is 1. The maximum atomic E-state index is 13.9. The second-order valence-corrected chi connectivity index (χ2v) is 9.32. The van der Waals surface area contributed by atoms with Crippen LogP contribution in [0.5, 0.6) is 0 Å². The molecule has 0 aliphatic heterocycles. The molecule has 3 aromatic carbocycles. The quantitative estimate of drug-likeness (QED) is 0.193. The highest BCUT2D eigenvalue weighted by atomic mass is 35.5. The molecule has 5 aromatic rings. The first-order valence-corrected chi connectivity index (χ1v) is 12.2. The zero-order chi connectivity index (χ0) is 26.2. The summed E-state index contributed by atoms with van der Waals surface area (Å²) in [6.45, 7) is 1.70. The summed E-state index contributed by atoms with van der Waals surface area (Å²) >= 11 is 6.75. The van der Waals surface area contributed by atoms with Crippen molar-refractivity contribution < 1.29 is 18.0 Å². The summed E-state index contributed by atoms with van der Waals surface area (Å²) in [5.41, 5.74) is 3.25. The lowest BCUT2D eigenvalue weighted by atomic mass is 10.1. The van der Waals surface area contributed by atoms with Crippen LogP contribution in [0.25, 0.3) is 27.2 Å². The molecule has 37 heavy (non-hydrogen) atoms. The van der Waals surface area contributed by atoms with Crippen LogP contribution < -0.4 is 5.43 Å². The molecule has 0 aliphatic rings. The number of amides is 1. The Hall–Kier alpha value is -4.02. The summed E-state index contributed by atoms with van der Waals surface area (Å²) in [6, 6.07) is 20.7. The predicted octanol–water partition coefficient (Wildman–Crippen LogP) is 6.98. The maximum absolute atomic E-state index is 13.9. The van der Waals surface area contributed by atoms with E-state index < -0.39 is 17.8 Å². The van der Waals surface area contributed by atoms with Crippen LogP contribution in [0.1, 0.15) is 28.7 Å². The third-order valence-corrected chi connectivity index (χ3v) is 6.61. The average Bonchev–Trinajstić information content (AvgIpc) is 3.55. The first-order valence-electron chi connectivity index (χ1n) is 10.9. The van der Waals surface area contributed by atoms with Crippen molar-refractivity contribution in [3.8, 4) is 16.4 Å². The van der Waals surface area contributed by atoms with Crippen molar-refractivity contribution >= 4 is 45.3 Å². The summed E-state index contributed by atoms with van der Waals surface area (Å²) < 4.78 is 42.4. The van der Waals surface area contributed by atoms with Crippen LogP contribution in [0, 0.1) is 0 Å². The van der Waals surface area contributed by atoms with Gasteiger partial charge in [-0.2, -0.15) is 23.4 Å². The van der Waals surface area contributed by atoms with Gasteiger partial charge in [0.2, 0.25) is 5.13 Å². The molecule has 0 aliphatic carbocycles. The SMILES string of the molecule is CC(=NNC(=O)c1csc(-n2nc(-c3ccc4ccccc4c3)cc2C(F)(F)F)n1)c1ccc(Cl)cc1. The number of hydrazone groups is 1. The first kappa shape index (κ1) is 24.7. The minimum Gasteiger partial charge on any atom is -0.266 e. The Balaban J connectivity index is 1.43. The molecule has 0 spiro atoms. The Morgan fingerprint density at radius 3 is 2.49 bits per heavy atom. The summed E-state index contributed by atoms with van der Waals surface area (Å²) in [7, 11) is 0. The summed E-state index contributed by atoms with van der Waals surface area (Å²) in [5.74, 6) is -0.661. The van der Waals surface area contributed by atoms with Gasteiger partial charge in [0, 0.05) is 16.0 Å². The minimum atomic E-state index is -4.68. The molecule has 2 heterocycles. The molecule has 5 rings (SSSR count). The topological polar surface area (TPSA) is 72.2 Å². The van der Waals surface area contributed by atoms with Crippen LogP contribution in [-0.4, -0.2) is 26.4 Å². The average molecular weight is 540 g/mol. The molecule has 0 bridgehead atoms. The molecule has 6 nitrogen and oxygen atoms in total. The van der Waals surface area contributed by atoms with E-state index in [1.807, 2.05) is 30.3 Å². The highest BCUT2D eigenvalue weighted by molar-refractivity contribution is 7.12. The lowest BCUT2D eigenvalue weighted by Crippen LogP contribution is -2.20. The molecular formula is C26H17ClF3N5OS. The lowest BCUT2D eigenvalue weighted by molar-refractivity contribution is -0.142. The summed E-state index contributed by atoms with van der Waals surface area (Å²) in [6.07, 6.45) is -4.68. The van der Waals surface area contributed by atoms with Gasteiger partial charge in [0.25, 0.3) is 5.91 Å². The number of carbonyl (C=O) groups excluding carboxylic acids is 1. The van der Waals surface area contributed by atoms with Crippen molar-refractivity contribution in [2.75, 3.05) is 0 Å². The summed E-state index contributed by atoms with van der Waals surface area (Å²) in [5, 5.41) is 11.9. The molecule has 0 saturated carbocycles. The Labute approximate surface area is 218 Å². The van der Waals surface area contributed by atoms with Crippen molar-refractivity contribution in [3.05, 3.63) is 100 Å². The molecule has 0 radical (unpaired) electrons. The number of fused-ring (bicyclic) bond motifs is 1. The van der Waals surface area contributed by atoms with Crippen LogP contribution >= 0.6 is 22.9 Å². The van der Waals surface area contributed by atoms with Gasteiger partial charge in [-0.15, -0.1) is 11.3 Å². The van der Waals surface area contributed by atoms with Crippen LogP contribution in [0.15, 0.2) is 83.3 Å². The fraction of sp³-hybridized carbons (Fsp3) is 0.0769. The molecule has 2 aromatic heterocycles. The van der Waals surface area contributed by atoms with E-state index in [-0.39, 0.29) is 16.5 Å². The van der Waals surface area contributed by atoms with Gasteiger partial charge in [0.1, 0.15) is 5.69 Å². The molecule has 11 heteroatoms. The van der Waals surface area contributed by atoms with Gasteiger partial charge >= 0.3 is 6.18 Å². The number of benzene rings is 3. The second kappa shape index (κ2) is 9.79. The largest absolute Gasteiger partial charge is 0.433 e. The molecule has 1 amide bonds. The Kier molecular flexibility index (Phi) is 6.53. The standard InChI is InChI=1S/C26H17ClF3N5OS/c1-15(16-8-10-20(27)11-9-16)32-33-24(36)22-14-37-25(31-22)35-23(26(28,29)30)13-21(34-35)19-7-6-17-4-2-3-5-18(17)12-19/h2-14H,1H3,(H,33,36). The highest BCUT2D eigenvalue weighted by Gasteiger charge is 2.37. The molecule has 0 unspecified atom stereocenters. The van der Waals surface area contributed by atoms with Crippen molar-refractivity contribution in [2.24, 2.45) is 5.10 Å². The van der Waals surface area contributed by atoms with E-state index in [0.717, 1.165) is 33.7 Å². The first-order chi connectivity index (χ1) is 17.7. The van der Waals surface area contributed by atoms with Gasteiger partial charge < -0.3 is 0 Å². The fourth-order valence-corrected chi connectivity index (χ4v) is 4.52. The summed E-state index contributed by atoms with van der Waals surface area (Å²) in [4.78, 5) is 16.7. The van der Waals surface area contributed by atoms with Crippen molar-refractivity contribution in [3.63, 3.8) is 0 Å². The van der Waals surface area contributed by atoms with E-state index in [9.17, 15) is 18.0 Å².